The number of rotatable bonds is 6. The molecule has 0 aliphatic carbocycles. The lowest BCUT2D eigenvalue weighted by atomic mass is 9.96. The summed E-state index contributed by atoms with van der Waals surface area (Å²) < 4.78 is 10.7. The first-order valence-corrected chi connectivity index (χ1v) is 6.88. The van der Waals surface area contributed by atoms with Crippen molar-refractivity contribution in [1.29, 1.82) is 0 Å². The van der Waals surface area contributed by atoms with E-state index in [0.717, 1.165) is 17.4 Å². The summed E-state index contributed by atoms with van der Waals surface area (Å²) >= 11 is 0. The molecule has 0 radical (unpaired) electrons. The van der Waals surface area contributed by atoms with Crippen molar-refractivity contribution < 1.29 is 9.15 Å². The summed E-state index contributed by atoms with van der Waals surface area (Å²) in [6.07, 6.45) is 1.74. The van der Waals surface area contributed by atoms with Gasteiger partial charge in [-0.3, -0.25) is 0 Å². The van der Waals surface area contributed by atoms with Crippen LogP contribution in [0.4, 0.5) is 0 Å². The van der Waals surface area contributed by atoms with Crippen molar-refractivity contribution in [2.45, 2.75) is 33.4 Å². The maximum absolute atomic E-state index is 5.49. The van der Waals surface area contributed by atoms with E-state index in [9.17, 15) is 0 Å². The average molecular weight is 274 g/mol. The lowest BCUT2D eigenvalue weighted by molar-refractivity contribution is 0.372. The van der Waals surface area contributed by atoms with Gasteiger partial charge in [-0.2, -0.15) is 0 Å². The van der Waals surface area contributed by atoms with Crippen LogP contribution in [-0.4, -0.2) is 12.1 Å². The molecule has 0 aliphatic heterocycles. The van der Waals surface area contributed by atoms with Gasteiger partial charge in [-0.1, -0.05) is 26.0 Å². The number of methoxy groups -OCH3 is 1. The van der Waals surface area contributed by atoms with Crippen LogP contribution in [0.25, 0.3) is 0 Å². The zero-order chi connectivity index (χ0) is 14.5. The minimum atomic E-state index is 0.258. The van der Waals surface area contributed by atoms with Crippen molar-refractivity contribution in [3.05, 3.63) is 47.7 Å². The summed E-state index contributed by atoms with van der Waals surface area (Å²) in [6.45, 7) is 6.92. The van der Waals surface area contributed by atoms with Gasteiger partial charge >= 0.3 is 0 Å². The average Bonchev–Trinajstić information content (AvgIpc) is 2.85. The number of hydrogen-bond donors (Lipinski definition) is 1. The molecule has 0 aliphatic rings. The third kappa shape index (κ3) is 3.61. The molecule has 108 valence electrons. The van der Waals surface area contributed by atoms with E-state index in [2.05, 4.69) is 36.3 Å². The van der Waals surface area contributed by atoms with Gasteiger partial charge in [-0.15, -0.1) is 0 Å². The van der Waals surface area contributed by atoms with Crippen molar-refractivity contribution in [3.8, 4) is 5.75 Å². The first kappa shape index (κ1) is 14.6. The summed E-state index contributed by atoms with van der Waals surface area (Å²) in [6, 6.07) is 8.42. The smallest absolute Gasteiger partial charge is 0.208 e. The number of aromatic nitrogens is 1. The number of aryl methyl sites for hydroxylation is 1. The Kier molecular flexibility index (Phi) is 4.79. The van der Waals surface area contributed by atoms with E-state index in [-0.39, 0.29) is 6.04 Å². The summed E-state index contributed by atoms with van der Waals surface area (Å²) in [5, 5.41) is 3.51. The molecule has 1 heterocycles. The van der Waals surface area contributed by atoms with Gasteiger partial charge in [0.2, 0.25) is 5.89 Å². The second kappa shape index (κ2) is 6.57. The fourth-order valence-corrected chi connectivity index (χ4v) is 2.23. The number of oxazole rings is 1. The fourth-order valence-electron chi connectivity index (χ4n) is 2.23. The molecule has 0 fully saturated rings. The Morgan fingerprint density at radius 2 is 1.95 bits per heavy atom. The van der Waals surface area contributed by atoms with E-state index in [1.807, 2.05) is 19.1 Å². The number of benzene rings is 1. The number of hydrogen-bond acceptors (Lipinski definition) is 4. The Labute approximate surface area is 120 Å². The van der Waals surface area contributed by atoms with Gasteiger partial charge in [0.25, 0.3) is 0 Å². The Balaban J connectivity index is 2.06. The van der Waals surface area contributed by atoms with Crippen LogP contribution in [0.1, 0.15) is 37.1 Å². The van der Waals surface area contributed by atoms with E-state index in [1.54, 1.807) is 13.3 Å². The molecular formula is C16H22N2O2. The summed E-state index contributed by atoms with van der Waals surface area (Å²) in [7, 11) is 1.68. The molecule has 1 aromatic carbocycles. The largest absolute Gasteiger partial charge is 0.497 e. The van der Waals surface area contributed by atoms with Crippen LogP contribution in [0.2, 0.25) is 0 Å². The second-order valence-electron chi connectivity index (χ2n) is 5.24. The van der Waals surface area contributed by atoms with E-state index >= 15 is 0 Å². The second-order valence-corrected chi connectivity index (χ2v) is 5.24. The molecule has 1 N–H and O–H groups in total. The van der Waals surface area contributed by atoms with Crippen molar-refractivity contribution in [2.75, 3.05) is 7.11 Å². The number of nitrogens with one attached hydrogen (secondary N) is 1. The van der Waals surface area contributed by atoms with E-state index in [1.165, 1.54) is 5.56 Å². The lowest BCUT2D eigenvalue weighted by Gasteiger charge is -2.22. The SMILES string of the molecule is COc1ccc([C@@H](NCc2ncc(C)o2)C(C)C)cc1. The Morgan fingerprint density at radius 1 is 1.25 bits per heavy atom. The van der Waals surface area contributed by atoms with Crippen LogP contribution in [0, 0.1) is 12.8 Å². The van der Waals surface area contributed by atoms with Crippen molar-refractivity contribution >= 4 is 0 Å². The molecule has 1 atom stereocenters. The first-order valence-electron chi connectivity index (χ1n) is 6.88. The molecular weight excluding hydrogens is 252 g/mol. The summed E-state index contributed by atoms with van der Waals surface area (Å²) in [5.74, 6) is 2.91. The van der Waals surface area contributed by atoms with Gasteiger partial charge in [-0.25, -0.2) is 4.98 Å². The standard InChI is InChI=1S/C16H22N2O2/c1-11(2)16(13-5-7-14(19-4)8-6-13)18-10-15-17-9-12(3)20-15/h5-9,11,16,18H,10H2,1-4H3/t16-/m0/s1. The van der Waals surface area contributed by atoms with E-state index in [4.69, 9.17) is 9.15 Å². The van der Waals surface area contributed by atoms with Crippen LogP contribution in [0.3, 0.4) is 0 Å². The Bertz CT molecular complexity index is 532. The zero-order valence-electron chi connectivity index (χ0n) is 12.5. The molecule has 0 unspecified atom stereocenters. The minimum absolute atomic E-state index is 0.258. The fraction of sp³-hybridized carbons (Fsp3) is 0.438. The molecule has 0 saturated carbocycles. The highest BCUT2D eigenvalue weighted by molar-refractivity contribution is 5.29. The molecule has 1 aromatic heterocycles. The van der Waals surface area contributed by atoms with Gasteiger partial charge < -0.3 is 14.5 Å². The highest BCUT2D eigenvalue weighted by Gasteiger charge is 2.16. The van der Waals surface area contributed by atoms with Gasteiger partial charge in [0.05, 0.1) is 19.9 Å². The van der Waals surface area contributed by atoms with Crippen molar-refractivity contribution in [2.24, 2.45) is 5.92 Å². The lowest BCUT2D eigenvalue weighted by Crippen LogP contribution is -2.25. The zero-order valence-corrected chi connectivity index (χ0v) is 12.5. The maximum Gasteiger partial charge on any atom is 0.208 e. The third-order valence-electron chi connectivity index (χ3n) is 3.28. The molecule has 20 heavy (non-hydrogen) atoms. The van der Waals surface area contributed by atoms with Crippen LogP contribution < -0.4 is 10.1 Å². The highest BCUT2D eigenvalue weighted by Crippen LogP contribution is 2.24. The van der Waals surface area contributed by atoms with Crippen LogP contribution >= 0.6 is 0 Å². The third-order valence-corrected chi connectivity index (χ3v) is 3.28. The van der Waals surface area contributed by atoms with Gasteiger partial charge in [0.15, 0.2) is 0 Å². The monoisotopic (exact) mass is 274 g/mol. The first-order chi connectivity index (χ1) is 9.60. The molecule has 0 amide bonds. The molecule has 4 nitrogen and oxygen atoms in total. The molecule has 4 heteroatoms. The molecule has 0 bridgehead atoms. The predicted octanol–water partition coefficient (Wildman–Crippen LogP) is 3.48. The maximum atomic E-state index is 5.49. The predicted molar refractivity (Wildman–Crippen MR) is 78.7 cm³/mol. The molecule has 2 aromatic rings. The topological polar surface area (TPSA) is 47.3 Å². The highest BCUT2D eigenvalue weighted by atomic mass is 16.5. The van der Waals surface area contributed by atoms with Crippen molar-refractivity contribution in [3.63, 3.8) is 0 Å². The van der Waals surface area contributed by atoms with Gasteiger partial charge in [0, 0.05) is 6.04 Å². The number of ether oxygens (including phenoxy) is 1. The van der Waals surface area contributed by atoms with Crippen LogP contribution in [-0.2, 0) is 6.54 Å². The molecule has 0 saturated heterocycles. The van der Waals surface area contributed by atoms with Gasteiger partial charge in [0.1, 0.15) is 11.5 Å². The Hall–Kier alpha value is -1.81. The molecule has 0 spiro atoms. The minimum Gasteiger partial charge on any atom is -0.497 e. The summed E-state index contributed by atoms with van der Waals surface area (Å²) in [4.78, 5) is 4.22. The quantitative estimate of drug-likeness (QED) is 0.876. The van der Waals surface area contributed by atoms with Crippen LogP contribution in [0.15, 0.2) is 34.9 Å². The molecule has 2 rings (SSSR count). The van der Waals surface area contributed by atoms with Gasteiger partial charge in [-0.05, 0) is 30.5 Å². The normalized spacial score (nSPS) is 12.7. The van der Waals surface area contributed by atoms with Crippen molar-refractivity contribution in [1.82, 2.24) is 10.3 Å². The van der Waals surface area contributed by atoms with E-state index in [0.29, 0.717) is 12.5 Å². The Morgan fingerprint density at radius 3 is 2.45 bits per heavy atom. The van der Waals surface area contributed by atoms with Crippen LogP contribution in [0.5, 0.6) is 5.75 Å². The number of nitrogens with zero attached hydrogens (tertiary/aromatic N) is 1. The van der Waals surface area contributed by atoms with E-state index < -0.39 is 0 Å². The summed E-state index contributed by atoms with van der Waals surface area (Å²) in [5.41, 5.74) is 1.24.